The summed E-state index contributed by atoms with van der Waals surface area (Å²) in [6.07, 6.45) is 2.37. The van der Waals surface area contributed by atoms with Crippen molar-refractivity contribution in [3.05, 3.63) is 53.6 Å². The van der Waals surface area contributed by atoms with Crippen LogP contribution in [0.15, 0.2) is 52.9 Å². The molecule has 0 aliphatic carbocycles. The number of anilines is 1. The second-order valence-corrected chi connectivity index (χ2v) is 6.78. The molecule has 0 saturated carbocycles. The molecule has 1 fully saturated rings. The molecule has 1 aliphatic rings. The van der Waals surface area contributed by atoms with Gasteiger partial charge in [0.25, 0.3) is 0 Å². The highest BCUT2D eigenvalue weighted by molar-refractivity contribution is 6.30. The van der Waals surface area contributed by atoms with Crippen LogP contribution in [-0.2, 0) is 0 Å². The minimum Gasteiger partial charge on any atom is -0.450 e. The van der Waals surface area contributed by atoms with Crippen LogP contribution in [0, 0.1) is 0 Å². The van der Waals surface area contributed by atoms with E-state index in [-0.39, 0.29) is 0 Å². The number of aromatic nitrogens is 2. The van der Waals surface area contributed by atoms with Gasteiger partial charge in [-0.25, -0.2) is 9.97 Å². The third-order valence-electron chi connectivity index (χ3n) is 4.71. The highest BCUT2D eigenvalue weighted by Crippen LogP contribution is 2.35. The summed E-state index contributed by atoms with van der Waals surface area (Å²) in [6, 6.07) is 15.7. The topological polar surface area (TPSA) is 42.2 Å². The molecule has 5 heteroatoms. The van der Waals surface area contributed by atoms with Crippen LogP contribution in [0.5, 0.6) is 0 Å². The quantitative estimate of drug-likeness (QED) is 0.492. The molecule has 4 nitrogen and oxygen atoms in total. The molecule has 1 aliphatic heterocycles. The Bertz CT molecular complexity index is 1070. The Balaban J connectivity index is 1.80. The predicted molar refractivity (Wildman–Crippen MR) is 101 cm³/mol. The van der Waals surface area contributed by atoms with Gasteiger partial charge in [0, 0.05) is 29.1 Å². The second-order valence-electron chi connectivity index (χ2n) is 6.35. The van der Waals surface area contributed by atoms with Crippen molar-refractivity contribution in [2.45, 2.75) is 12.8 Å². The van der Waals surface area contributed by atoms with Gasteiger partial charge in [-0.05, 0) is 49.2 Å². The fraction of sp³-hybridized carbons (Fsp3) is 0.200. The van der Waals surface area contributed by atoms with Crippen molar-refractivity contribution >= 4 is 39.5 Å². The van der Waals surface area contributed by atoms with Crippen LogP contribution in [0.25, 0.3) is 33.5 Å². The highest BCUT2D eigenvalue weighted by Gasteiger charge is 2.22. The Morgan fingerprint density at radius 3 is 2.48 bits per heavy atom. The van der Waals surface area contributed by atoms with Crippen molar-refractivity contribution in [3.8, 4) is 11.4 Å². The van der Waals surface area contributed by atoms with Crippen molar-refractivity contribution < 1.29 is 4.42 Å². The van der Waals surface area contributed by atoms with Gasteiger partial charge in [-0.1, -0.05) is 23.7 Å². The Labute approximate surface area is 150 Å². The first-order valence-corrected chi connectivity index (χ1v) is 8.87. The van der Waals surface area contributed by atoms with E-state index in [9.17, 15) is 0 Å². The second kappa shape index (κ2) is 5.74. The Kier molecular flexibility index (Phi) is 3.38. The van der Waals surface area contributed by atoms with Gasteiger partial charge in [-0.15, -0.1) is 0 Å². The molecule has 0 spiro atoms. The number of halogens is 1. The third-order valence-corrected chi connectivity index (χ3v) is 4.96. The number of rotatable bonds is 2. The van der Waals surface area contributed by atoms with Crippen molar-refractivity contribution in [2.24, 2.45) is 0 Å². The monoisotopic (exact) mass is 349 g/mol. The summed E-state index contributed by atoms with van der Waals surface area (Å²) in [7, 11) is 0. The van der Waals surface area contributed by atoms with Gasteiger partial charge >= 0.3 is 0 Å². The van der Waals surface area contributed by atoms with Gasteiger partial charge in [0.05, 0.1) is 0 Å². The molecule has 5 rings (SSSR count). The molecule has 124 valence electrons. The van der Waals surface area contributed by atoms with Crippen LogP contribution in [0.4, 0.5) is 5.82 Å². The maximum absolute atomic E-state index is 6.12. The molecule has 0 bridgehead atoms. The van der Waals surface area contributed by atoms with E-state index < -0.39 is 0 Å². The molecule has 3 heterocycles. The summed E-state index contributed by atoms with van der Waals surface area (Å²) < 4.78 is 6.12. The molecule has 0 radical (unpaired) electrons. The van der Waals surface area contributed by atoms with Gasteiger partial charge in [0.1, 0.15) is 11.1 Å². The standard InChI is InChI=1S/C20H16ClN3O/c21-14-9-7-13(8-10-14)19-22-17-15-5-1-2-6-16(15)25-18(17)20(23-19)24-11-3-4-12-24/h1-2,5-10H,3-4,11-12H2. The van der Waals surface area contributed by atoms with Crippen LogP contribution in [0.3, 0.4) is 0 Å². The number of nitrogens with zero attached hydrogens (tertiary/aromatic N) is 3. The summed E-state index contributed by atoms with van der Waals surface area (Å²) in [5.74, 6) is 1.60. The molecule has 0 N–H and O–H groups in total. The molecular weight excluding hydrogens is 334 g/mol. The van der Waals surface area contributed by atoms with Gasteiger partial charge in [-0.2, -0.15) is 0 Å². The highest BCUT2D eigenvalue weighted by atomic mass is 35.5. The van der Waals surface area contributed by atoms with Gasteiger partial charge in [0.2, 0.25) is 0 Å². The number of benzene rings is 2. The Hall–Kier alpha value is -2.59. The van der Waals surface area contributed by atoms with Crippen LogP contribution < -0.4 is 4.90 Å². The summed E-state index contributed by atoms with van der Waals surface area (Å²) in [6.45, 7) is 2.01. The summed E-state index contributed by atoms with van der Waals surface area (Å²) in [5.41, 5.74) is 3.45. The molecule has 4 aromatic rings. The molecule has 25 heavy (non-hydrogen) atoms. The fourth-order valence-electron chi connectivity index (χ4n) is 3.45. The van der Waals surface area contributed by atoms with Gasteiger partial charge in [-0.3, -0.25) is 0 Å². The largest absolute Gasteiger partial charge is 0.450 e. The van der Waals surface area contributed by atoms with E-state index >= 15 is 0 Å². The van der Waals surface area contributed by atoms with Crippen molar-refractivity contribution in [1.29, 1.82) is 0 Å². The van der Waals surface area contributed by atoms with E-state index in [4.69, 9.17) is 26.0 Å². The smallest absolute Gasteiger partial charge is 0.196 e. The average molecular weight is 350 g/mol. The Morgan fingerprint density at radius 1 is 0.920 bits per heavy atom. The van der Waals surface area contributed by atoms with Crippen molar-refractivity contribution in [2.75, 3.05) is 18.0 Å². The summed E-state index contributed by atoms with van der Waals surface area (Å²) in [4.78, 5) is 12.0. The number of fused-ring (bicyclic) bond motifs is 3. The molecule has 2 aromatic carbocycles. The fourth-order valence-corrected chi connectivity index (χ4v) is 3.57. The molecule has 0 amide bonds. The van der Waals surface area contributed by atoms with Crippen LogP contribution in [-0.4, -0.2) is 23.1 Å². The maximum Gasteiger partial charge on any atom is 0.196 e. The number of hydrogen-bond acceptors (Lipinski definition) is 4. The van der Waals surface area contributed by atoms with Crippen LogP contribution in [0.2, 0.25) is 5.02 Å². The number of para-hydroxylation sites is 1. The predicted octanol–water partition coefficient (Wildman–Crippen LogP) is 5.30. The lowest BCUT2D eigenvalue weighted by atomic mass is 10.2. The first-order chi connectivity index (χ1) is 12.3. The van der Waals surface area contributed by atoms with Gasteiger partial charge in [0.15, 0.2) is 17.2 Å². The summed E-state index contributed by atoms with van der Waals surface area (Å²) >= 11 is 6.03. The first kappa shape index (κ1) is 14.7. The van der Waals surface area contributed by atoms with E-state index in [0.717, 1.165) is 46.5 Å². The molecule has 2 aromatic heterocycles. The first-order valence-electron chi connectivity index (χ1n) is 8.50. The maximum atomic E-state index is 6.12. The van der Waals surface area contributed by atoms with E-state index in [0.29, 0.717) is 10.8 Å². The van der Waals surface area contributed by atoms with E-state index in [1.54, 1.807) is 0 Å². The summed E-state index contributed by atoms with van der Waals surface area (Å²) in [5, 5.41) is 1.73. The van der Waals surface area contributed by atoms with E-state index in [1.807, 2.05) is 48.5 Å². The average Bonchev–Trinajstić information content (AvgIpc) is 3.29. The zero-order chi connectivity index (χ0) is 16.8. The number of hydrogen-bond donors (Lipinski definition) is 0. The van der Waals surface area contributed by atoms with E-state index in [1.165, 1.54) is 12.8 Å². The minimum absolute atomic E-state index is 0.706. The molecular formula is C20H16ClN3O. The molecule has 1 saturated heterocycles. The van der Waals surface area contributed by atoms with Gasteiger partial charge < -0.3 is 9.32 Å². The lowest BCUT2D eigenvalue weighted by Crippen LogP contribution is -2.19. The minimum atomic E-state index is 0.706. The zero-order valence-corrected chi connectivity index (χ0v) is 14.3. The normalized spacial score (nSPS) is 14.7. The lowest BCUT2D eigenvalue weighted by Gasteiger charge is -2.17. The van der Waals surface area contributed by atoms with Crippen molar-refractivity contribution in [1.82, 2.24) is 9.97 Å². The SMILES string of the molecule is Clc1ccc(-c2nc(N3CCCC3)c3oc4ccccc4c3n2)cc1. The van der Waals surface area contributed by atoms with Crippen molar-refractivity contribution in [3.63, 3.8) is 0 Å². The van der Waals surface area contributed by atoms with Crippen LogP contribution >= 0.6 is 11.6 Å². The number of furan rings is 1. The molecule has 0 unspecified atom stereocenters. The molecule has 0 atom stereocenters. The lowest BCUT2D eigenvalue weighted by molar-refractivity contribution is 0.663. The van der Waals surface area contributed by atoms with E-state index in [2.05, 4.69) is 4.90 Å². The third kappa shape index (κ3) is 2.45. The zero-order valence-electron chi connectivity index (χ0n) is 13.6. The Morgan fingerprint density at radius 2 is 1.68 bits per heavy atom. The van der Waals surface area contributed by atoms with Crippen LogP contribution in [0.1, 0.15) is 12.8 Å².